The fourth-order valence-electron chi connectivity index (χ4n) is 4.43. The lowest BCUT2D eigenvalue weighted by Crippen LogP contribution is -2.49. The zero-order chi connectivity index (χ0) is 22.8. The van der Waals surface area contributed by atoms with Gasteiger partial charge in [0.25, 0.3) is 5.91 Å². The van der Waals surface area contributed by atoms with Crippen molar-refractivity contribution in [2.24, 2.45) is 22.8 Å². The number of ether oxygens (including phenoxy) is 1. The highest BCUT2D eigenvalue weighted by Crippen LogP contribution is 2.54. The summed E-state index contributed by atoms with van der Waals surface area (Å²) in [7, 11) is 0. The van der Waals surface area contributed by atoms with Crippen LogP contribution in [-0.2, 0) is 4.79 Å². The Balaban J connectivity index is 2.15. The molecule has 1 aromatic rings. The molecule has 1 aliphatic heterocycles. The molecule has 31 heavy (non-hydrogen) atoms. The van der Waals surface area contributed by atoms with Gasteiger partial charge in [-0.1, -0.05) is 18.2 Å². The molecule has 0 saturated carbocycles. The Morgan fingerprint density at radius 1 is 1.26 bits per heavy atom. The highest BCUT2D eigenvalue weighted by molar-refractivity contribution is 5.75. The van der Waals surface area contributed by atoms with Crippen LogP contribution in [0.2, 0.25) is 0 Å². The van der Waals surface area contributed by atoms with Crippen molar-refractivity contribution in [3.05, 3.63) is 52.7 Å². The van der Waals surface area contributed by atoms with Crippen LogP contribution in [0.5, 0.6) is 5.75 Å². The molecule has 1 aromatic carbocycles. The number of carbonyl (C=O) groups excluding carboxylic acids is 1. The molecule has 0 fully saturated rings. The number of nitrogens with two attached hydrogens (primary N) is 2. The molecular formula is C23H24N6O2. The normalized spacial score (nSPS) is 22.5. The fourth-order valence-corrected chi connectivity index (χ4v) is 4.43. The third-order valence-electron chi connectivity index (χ3n) is 6.04. The minimum atomic E-state index is -1.68. The summed E-state index contributed by atoms with van der Waals surface area (Å²) >= 11 is 0. The number of hydrogen-bond donors (Lipinski definition) is 2. The van der Waals surface area contributed by atoms with Gasteiger partial charge < -0.3 is 16.2 Å². The fraction of sp³-hybridized carbons (Fsp3) is 0.391. The lowest BCUT2D eigenvalue weighted by Gasteiger charge is -2.46. The number of hydrogen-bond acceptors (Lipinski definition) is 7. The van der Waals surface area contributed by atoms with Gasteiger partial charge in [0.1, 0.15) is 11.8 Å². The number of amides is 1. The minimum Gasteiger partial charge on any atom is -0.484 e. The number of benzene rings is 1. The van der Waals surface area contributed by atoms with Gasteiger partial charge in [0.15, 0.2) is 12.0 Å². The van der Waals surface area contributed by atoms with Crippen LogP contribution < -0.4 is 16.2 Å². The van der Waals surface area contributed by atoms with Crippen LogP contribution in [0.1, 0.15) is 25.3 Å². The molecule has 0 bridgehead atoms. The number of rotatable bonds is 5. The number of allylic oxidation sites excluding steroid dienone is 2. The molecule has 0 radical (unpaired) electrons. The highest BCUT2D eigenvalue weighted by atomic mass is 16.5. The zero-order valence-electron chi connectivity index (χ0n) is 17.5. The third-order valence-corrected chi connectivity index (χ3v) is 6.04. The first-order valence-electron chi connectivity index (χ1n) is 9.97. The molecule has 0 unspecified atom stereocenters. The van der Waals surface area contributed by atoms with Crippen LogP contribution >= 0.6 is 0 Å². The molecule has 0 aromatic heterocycles. The first kappa shape index (κ1) is 21.9. The average molecular weight is 416 g/mol. The summed E-state index contributed by atoms with van der Waals surface area (Å²) in [6.45, 7) is 5.18. The topological polar surface area (TPSA) is 153 Å². The van der Waals surface area contributed by atoms with E-state index in [2.05, 4.69) is 37.0 Å². The van der Waals surface area contributed by atoms with E-state index in [4.69, 9.17) is 16.2 Å². The Bertz CT molecular complexity index is 1050. The SMILES string of the molecule is CC(C)N1CC=C2C(C#N)=C(N)C(C#N)(C#N)[C@@H](c3ccc(OCC(N)=O)cc3)[C@@H]2C1. The lowest BCUT2D eigenvalue weighted by atomic mass is 9.58. The molecular weight excluding hydrogens is 392 g/mol. The molecule has 0 spiro atoms. The van der Waals surface area contributed by atoms with E-state index >= 15 is 0 Å². The summed E-state index contributed by atoms with van der Waals surface area (Å²) in [4.78, 5) is 13.2. The van der Waals surface area contributed by atoms with Gasteiger partial charge >= 0.3 is 0 Å². The van der Waals surface area contributed by atoms with Gasteiger partial charge in [-0.25, -0.2) is 0 Å². The summed E-state index contributed by atoms with van der Waals surface area (Å²) in [6.07, 6.45) is 1.98. The van der Waals surface area contributed by atoms with Crippen molar-refractivity contribution >= 4 is 5.91 Å². The van der Waals surface area contributed by atoms with Crippen LogP contribution in [-0.4, -0.2) is 36.5 Å². The van der Waals surface area contributed by atoms with Gasteiger partial charge in [-0.15, -0.1) is 0 Å². The number of carbonyl (C=O) groups is 1. The van der Waals surface area contributed by atoms with Crippen LogP contribution in [0, 0.1) is 45.3 Å². The van der Waals surface area contributed by atoms with E-state index in [1.54, 1.807) is 24.3 Å². The Kier molecular flexibility index (Phi) is 6.02. The first-order chi connectivity index (χ1) is 14.8. The lowest BCUT2D eigenvalue weighted by molar-refractivity contribution is -0.119. The molecule has 2 aliphatic rings. The number of fused-ring (bicyclic) bond motifs is 1. The van der Waals surface area contributed by atoms with Gasteiger partial charge in [0, 0.05) is 31.0 Å². The summed E-state index contributed by atoms with van der Waals surface area (Å²) < 4.78 is 5.32. The molecule has 158 valence electrons. The summed E-state index contributed by atoms with van der Waals surface area (Å²) in [6, 6.07) is 13.5. The average Bonchev–Trinajstić information content (AvgIpc) is 2.77. The van der Waals surface area contributed by atoms with Crippen LogP contribution in [0.15, 0.2) is 47.2 Å². The molecule has 8 nitrogen and oxygen atoms in total. The van der Waals surface area contributed by atoms with E-state index in [0.29, 0.717) is 18.8 Å². The van der Waals surface area contributed by atoms with Gasteiger partial charge in [0.05, 0.1) is 23.4 Å². The van der Waals surface area contributed by atoms with Crippen molar-refractivity contribution < 1.29 is 9.53 Å². The smallest absolute Gasteiger partial charge is 0.255 e. The van der Waals surface area contributed by atoms with Crippen LogP contribution in [0.3, 0.4) is 0 Å². The Morgan fingerprint density at radius 3 is 2.42 bits per heavy atom. The molecule has 4 N–H and O–H groups in total. The van der Waals surface area contributed by atoms with E-state index in [1.807, 2.05) is 6.08 Å². The maximum atomic E-state index is 11.0. The first-order valence-corrected chi connectivity index (χ1v) is 9.97. The van der Waals surface area contributed by atoms with Gasteiger partial charge in [-0.3, -0.25) is 9.69 Å². The van der Waals surface area contributed by atoms with Crippen LogP contribution in [0.25, 0.3) is 0 Å². The van der Waals surface area contributed by atoms with Crippen LogP contribution in [0.4, 0.5) is 0 Å². The molecule has 1 amide bonds. The second-order valence-corrected chi connectivity index (χ2v) is 8.05. The molecule has 1 aliphatic carbocycles. The van der Waals surface area contributed by atoms with Gasteiger partial charge in [-0.2, -0.15) is 15.8 Å². The number of nitriles is 3. The maximum Gasteiger partial charge on any atom is 0.255 e. The van der Waals surface area contributed by atoms with E-state index in [-0.39, 0.29) is 29.8 Å². The maximum absolute atomic E-state index is 11.0. The second kappa shape index (κ2) is 8.52. The highest BCUT2D eigenvalue weighted by Gasteiger charge is 2.54. The summed E-state index contributed by atoms with van der Waals surface area (Å²) in [5, 5.41) is 30.0. The second-order valence-electron chi connectivity index (χ2n) is 8.05. The predicted octanol–water partition coefficient (Wildman–Crippen LogP) is 1.68. The molecule has 1 heterocycles. The Morgan fingerprint density at radius 2 is 1.90 bits per heavy atom. The Hall–Kier alpha value is -3.80. The number of nitrogens with zero attached hydrogens (tertiary/aromatic N) is 4. The van der Waals surface area contributed by atoms with Crippen molar-refractivity contribution in [3.8, 4) is 24.0 Å². The molecule has 8 heteroatoms. The quantitative estimate of drug-likeness (QED) is 0.740. The van der Waals surface area contributed by atoms with E-state index in [0.717, 1.165) is 11.1 Å². The van der Waals surface area contributed by atoms with E-state index in [1.165, 1.54) is 0 Å². The summed E-state index contributed by atoms with van der Waals surface area (Å²) in [5.74, 6) is -0.966. The van der Waals surface area contributed by atoms with Crippen molar-refractivity contribution in [2.45, 2.75) is 25.8 Å². The molecule has 0 saturated heterocycles. The van der Waals surface area contributed by atoms with E-state index < -0.39 is 17.2 Å². The van der Waals surface area contributed by atoms with Gasteiger partial charge in [0.2, 0.25) is 0 Å². The molecule has 3 rings (SSSR count). The molecule has 2 atom stereocenters. The largest absolute Gasteiger partial charge is 0.484 e. The van der Waals surface area contributed by atoms with Crippen molar-refractivity contribution in [1.82, 2.24) is 4.90 Å². The predicted molar refractivity (Wildman–Crippen MR) is 113 cm³/mol. The van der Waals surface area contributed by atoms with Crippen molar-refractivity contribution in [2.75, 3.05) is 19.7 Å². The monoisotopic (exact) mass is 416 g/mol. The minimum absolute atomic E-state index is 0.000415. The van der Waals surface area contributed by atoms with Gasteiger partial charge in [-0.05, 0) is 37.1 Å². The Labute approximate surface area is 181 Å². The zero-order valence-corrected chi connectivity index (χ0v) is 17.5. The van der Waals surface area contributed by atoms with Crippen molar-refractivity contribution in [1.29, 1.82) is 15.8 Å². The third kappa shape index (κ3) is 3.72. The number of primary amides is 1. The van der Waals surface area contributed by atoms with Crippen molar-refractivity contribution in [3.63, 3.8) is 0 Å². The summed E-state index contributed by atoms with van der Waals surface area (Å²) in [5.41, 5.74) is 11.5. The standard InChI is InChI=1S/C23H24N6O2/c1-14(2)29-8-7-17-18(9-24)22(28)23(12-25,13-26)21(19(17)10-29)15-3-5-16(6-4-15)31-11-20(27)30/h3-7,14,19,21H,8,10-11,28H2,1-2H3,(H2,27,30)/t19-,21+/m1/s1. The van der Waals surface area contributed by atoms with E-state index in [9.17, 15) is 20.6 Å².